The molecule has 2 nitrogen and oxygen atoms in total. The summed E-state index contributed by atoms with van der Waals surface area (Å²) < 4.78 is 0. The van der Waals surface area contributed by atoms with Gasteiger partial charge in [0.05, 0.1) is 4.99 Å². The highest BCUT2D eigenvalue weighted by molar-refractivity contribution is 7.80. The van der Waals surface area contributed by atoms with Crippen LogP contribution in [0.25, 0.3) is 0 Å². The molecule has 0 aliphatic heterocycles. The fraction of sp³-hybridized carbons (Fsp3) is 0.889. The van der Waals surface area contributed by atoms with Gasteiger partial charge in [-0.1, -0.05) is 32.0 Å². The molecule has 0 bridgehead atoms. The van der Waals surface area contributed by atoms with Crippen LogP contribution in [0, 0.1) is 0 Å². The van der Waals surface area contributed by atoms with E-state index >= 15 is 0 Å². The second kappa shape index (κ2) is 7.50. The molecule has 0 amide bonds. The summed E-state index contributed by atoms with van der Waals surface area (Å²) in [4.78, 5) is 2.91. The number of nitrogens with two attached hydrogens (primary N) is 1. The zero-order valence-corrected chi connectivity index (χ0v) is 8.99. The van der Waals surface area contributed by atoms with Crippen molar-refractivity contribution in [3.05, 3.63) is 0 Å². The lowest BCUT2D eigenvalue weighted by molar-refractivity contribution is 0.335. The summed E-state index contributed by atoms with van der Waals surface area (Å²) in [6.45, 7) is 4.38. The van der Waals surface area contributed by atoms with E-state index in [2.05, 4.69) is 18.9 Å². The topological polar surface area (TPSA) is 29.3 Å². The molecule has 0 aliphatic rings. The van der Waals surface area contributed by atoms with Gasteiger partial charge in [0.25, 0.3) is 0 Å². The molecular weight excluding hydrogens is 168 g/mol. The SMILES string of the molecule is CCCCCN(C)CCC(N)=S. The van der Waals surface area contributed by atoms with E-state index in [0.29, 0.717) is 4.99 Å². The minimum atomic E-state index is 0.623. The minimum Gasteiger partial charge on any atom is -0.393 e. The second-order valence-corrected chi connectivity index (χ2v) is 3.75. The molecule has 0 aromatic rings. The highest BCUT2D eigenvalue weighted by Gasteiger charge is 1.97. The van der Waals surface area contributed by atoms with E-state index in [1.807, 2.05) is 0 Å². The summed E-state index contributed by atoms with van der Waals surface area (Å²) in [5.74, 6) is 0. The molecule has 72 valence electrons. The summed E-state index contributed by atoms with van der Waals surface area (Å²) in [7, 11) is 2.12. The third kappa shape index (κ3) is 7.95. The minimum absolute atomic E-state index is 0.623. The summed E-state index contributed by atoms with van der Waals surface area (Å²) in [5.41, 5.74) is 5.40. The van der Waals surface area contributed by atoms with Crippen molar-refractivity contribution >= 4 is 17.2 Å². The lowest BCUT2D eigenvalue weighted by atomic mass is 10.2. The fourth-order valence-electron chi connectivity index (χ4n) is 1.04. The van der Waals surface area contributed by atoms with Crippen LogP contribution in [0.15, 0.2) is 0 Å². The largest absolute Gasteiger partial charge is 0.393 e. The third-order valence-corrected chi connectivity index (χ3v) is 2.09. The maximum absolute atomic E-state index is 5.40. The normalized spacial score (nSPS) is 10.6. The van der Waals surface area contributed by atoms with Crippen LogP contribution in [0.1, 0.15) is 32.6 Å². The van der Waals surface area contributed by atoms with Crippen LogP contribution in [-0.4, -0.2) is 30.0 Å². The van der Waals surface area contributed by atoms with Crippen molar-refractivity contribution in [1.29, 1.82) is 0 Å². The van der Waals surface area contributed by atoms with Crippen LogP contribution < -0.4 is 5.73 Å². The molecule has 0 atom stereocenters. The lowest BCUT2D eigenvalue weighted by Gasteiger charge is -2.15. The van der Waals surface area contributed by atoms with Crippen molar-refractivity contribution in [2.24, 2.45) is 5.73 Å². The Hall–Kier alpha value is -0.150. The first-order valence-corrected chi connectivity index (χ1v) is 5.04. The zero-order valence-electron chi connectivity index (χ0n) is 8.18. The summed E-state index contributed by atoms with van der Waals surface area (Å²) in [5, 5.41) is 0. The summed E-state index contributed by atoms with van der Waals surface area (Å²) in [6, 6.07) is 0. The van der Waals surface area contributed by atoms with E-state index in [-0.39, 0.29) is 0 Å². The van der Waals surface area contributed by atoms with E-state index in [0.717, 1.165) is 19.5 Å². The molecule has 0 spiro atoms. The number of nitrogens with zero attached hydrogens (tertiary/aromatic N) is 1. The van der Waals surface area contributed by atoms with Gasteiger partial charge in [-0.15, -0.1) is 0 Å². The Labute approximate surface area is 81.1 Å². The zero-order chi connectivity index (χ0) is 9.40. The molecular formula is C9H20N2S. The highest BCUT2D eigenvalue weighted by atomic mass is 32.1. The van der Waals surface area contributed by atoms with Crippen molar-refractivity contribution < 1.29 is 0 Å². The Balaban J connectivity index is 3.21. The number of thiocarbonyl (C=S) groups is 1. The Kier molecular flexibility index (Phi) is 7.40. The summed E-state index contributed by atoms with van der Waals surface area (Å²) >= 11 is 4.80. The van der Waals surface area contributed by atoms with Crippen LogP contribution in [0.5, 0.6) is 0 Å². The molecule has 0 saturated carbocycles. The summed E-state index contributed by atoms with van der Waals surface area (Å²) in [6.07, 6.45) is 4.73. The van der Waals surface area contributed by atoms with Crippen LogP contribution in [0.3, 0.4) is 0 Å². The molecule has 0 fully saturated rings. The number of hydrogen-bond donors (Lipinski definition) is 1. The average molecular weight is 188 g/mol. The Morgan fingerprint density at radius 1 is 1.33 bits per heavy atom. The van der Waals surface area contributed by atoms with Crippen molar-refractivity contribution in [1.82, 2.24) is 4.90 Å². The molecule has 0 aromatic heterocycles. The molecule has 12 heavy (non-hydrogen) atoms. The van der Waals surface area contributed by atoms with Gasteiger partial charge in [-0.3, -0.25) is 0 Å². The van der Waals surface area contributed by atoms with Crippen molar-refractivity contribution in [3.8, 4) is 0 Å². The molecule has 0 saturated heterocycles. The Morgan fingerprint density at radius 2 is 2.00 bits per heavy atom. The molecule has 0 unspecified atom stereocenters. The van der Waals surface area contributed by atoms with Crippen molar-refractivity contribution in [2.45, 2.75) is 32.6 Å². The first-order valence-electron chi connectivity index (χ1n) is 4.63. The molecule has 0 rings (SSSR count). The van der Waals surface area contributed by atoms with Gasteiger partial charge < -0.3 is 10.6 Å². The maximum Gasteiger partial charge on any atom is 0.0740 e. The van der Waals surface area contributed by atoms with Crippen LogP contribution >= 0.6 is 12.2 Å². The number of hydrogen-bond acceptors (Lipinski definition) is 2. The first kappa shape index (κ1) is 11.8. The quantitative estimate of drug-likeness (QED) is 0.488. The number of rotatable bonds is 7. The van der Waals surface area contributed by atoms with E-state index in [4.69, 9.17) is 18.0 Å². The van der Waals surface area contributed by atoms with E-state index < -0.39 is 0 Å². The van der Waals surface area contributed by atoms with Gasteiger partial charge in [0, 0.05) is 13.0 Å². The van der Waals surface area contributed by atoms with Crippen molar-refractivity contribution in [2.75, 3.05) is 20.1 Å². The van der Waals surface area contributed by atoms with Gasteiger partial charge in [-0.2, -0.15) is 0 Å². The van der Waals surface area contributed by atoms with Gasteiger partial charge in [0.1, 0.15) is 0 Å². The smallest absolute Gasteiger partial charge is 0.0740 e. The van der Waals surface area contributed by atoms with Gasteiger partial charge in [0.15, 0.2) is 0 Å². The average Bonchev–Trinajstić information content (AvgIpc) is 2.01. The van der Waals surface area contributed by atoms with Crippen LogP contribution in [0.2, 0.25) is 0 Å². The van der Waals surface area contributed by atoms with Gasteiger partial charge in [0.2, 0.25) is 0 Å². The van der Waals surface area contributed by atoms with Crippen LogP contribution in [-0.2, 0) is 0 Å². The van der Waals surface area contributed by atoms with Crippen molar-refractivity contribution in [3.63, 3.8) is 0 Å². The Bertz CT molecular complexity index is 126. The fourth-order valence-corrected chi connectivity index (χ4v) is 1.14. The molecule has 0 radical (unpaired) electrons. The van der Waals surface area contributed by atoms with E-state index in [1.54, 1.807) is 0 Å². The molecule has 0 aliphatic carbocycles. The van der Waals surface area contributed by atoms with Gasteiger partial charge in [-0.05, 0) is 20.0 Å². The predicted molar refractivity (Wildman–Crippen MR) is 58.4 cm³/mol. The Morgan fingerprint density at radius 3 is 2.50 bits per heavy atom. The number of unbranched alkanes of at least 4 members (excludes halogenated alkanes) is 2. The van der Waals surface area contributed by atoms with E-state index in [9.17, 15) is 0 Å². The second-order valence-electron chi connectivity index (χ2n) is 3.23. The van der Waals surface area contributed by atoms with E-state index in [1.165, 1.54) is 19.3 Å². The van der Waals surface area contributed by atoms with Gasteiger partial charge >= 0.3 is 0 Å². The maximum atomic E-state index is 5.40. The molecule has 2 N–H and O–H groups in total. The first-order chi connectivity index (χ1) is 5.66. The molecule has 0 aromatic carbocycles. The van der Waals surface area contributed by atoms with Crippen LogP contribution in [0.4, 0.5) is 0 Å². The molecule has 3 heteroatoms. The molecule has 0 heterocycles. The monoisotopic (exact) mass is 188 g/mol. The lowest BCUT2D eigenvalue weighted by Crippen LogP contribution is -2.24. The standard InChI is InChI=1S/C9H20N2S/c1-3-4-5-7-11(2)8-6-9(10)12/h3-8H2,1-2H3,(H2,10,12). The third-order valence-electron chi connectivity index (χ3n) is 1.88. The van der Waals surface area contributed by atoms with Gasteiger partial charge in [-0.25, -0.2) is 0 Å². The predicted octanol–water partition coefficient (Wildman–Crippen LogP) is 1.78. The highest BCUT2D eigenvalue weighted by Crippen LogP contribution is 1.96.